The Morgan fingerprint density at radius 2 is 1.43 bits per heavy atom. The number of halogens is 5. The van der Waals surface area contributed by atoms with Crippen molar-refractivity contribution in [1.29, 1.82) is 0 Å². The molecule has 14 heavy (non-hydrogen) atoms. The summed E-state index contributed by atoms with van der Waals surface area (Å²) in [6.45, 7) is 1.85. The minimum absolute atomic E-state index is 0.600. The first kappa shape index (κ1) is 12.7. The van der Waals surface area contributed by atoms with Crippen LogP contribution in [0.3, 0.4) is 0 Å². The lowest BCUT2D eigenvalue weighted by molar-refractivity contribution is 0.867. The number of hydrogen-bond acceptors (Lipinski definition) is 0. The molecule has 0 nitrogen and oxygen atoms in total. The van der Waals surface area contributed by atoms with Crippen molar-refractivity contribution in [2.24, 2.45) is 0 Å². The summed E-state index contributed by atoms with van der Waals surface area (Å²) >= 11 is 29.1. The molecule has 0 aliphatic carbocycles. The molecule has 1 aromatic rings. The molecular formula is C9H7Cl5. The Balaban J connectivity index is 3.23. The third kappa shape index (κ3) is 2.43. The smallest absolute Gasteiger partial charge is 0.0915 e. The van der Waals surface area contributed by atoms with Crippen LogP contribution < -0.4 is 0 Å². The highest BCUT2D eigenvalue weighted by Gasteiger charge is 2.47. The van der Waals surface area contributed by atoms with E-state index in [2.05, 4.69) is 0 Å². The molecule has 0 saturated carbocycles. The second kappa shape index (κ2) is 4.27. The predicted octanol–water partition coefficient (Wildman–Crippen LogP) is 5.00. The van der Waals surface area contributed by atoms with E-state index >= 15 is 0 Å². The molecule has 0 radical (unpaired) electrons. The zero-order valence-corrected chi connectivity index (χ0v) is 11.0. The molecule has 0 atom stereocenters. The van der Waals surface area contributed by atoms with Crippen LogP contribution in [0.2, 0.25) is 0 Å². The zero-order chi connectivity index (χ0) is 11.0. The van der Waals surface area contributed by atoms with Crippen molar-refractivity contribution in [2.45, 2.75) is 15.0 Å². The van der Waals surface area contributed by atoms with Gasteiger partial charge in [-0.1, -0.05) is 82.3 Å². The first-order valence-electron chi connectivity index (χ1n) is 3.77. The number of hydrogen-bond donors (Lipinski definition) is 0. The largest absolute Gasteiger partial charge is 0.227 e. The number of rotatable bonds is 1. The van der Waals surface area contributed by atoms with E-state index in [4.69, 9.17) is 58.0 Å². The van der Waals surface area contributed by atoms with Crippen molar-refractivity contribution >= 4 is 58.0 Å². The van der Waals surface area contributed by atoms with Crippen LogP contribution in [0.15, 0.2) is 24.3 Å². The maximum absolute atomic E-state index is 6.01. The summed E-state index contributed by atoms with van der Waals surface area (Å²) in [5.74, 6) is 0. The van der Waals surface area contributed by atoms with Gasteiger partial charge in [0.2, 0.25) is 3.79 Å². The van der Waals surface area contributed by atoms with Gasteiger partial charge in [0, 0.05) is 0 Å². The summed E-state index contributed by atoms with van der Waals surface area (Å²) in [5.41, 5.74) is 1.48. The molecule has 0 unspecified atom stereocenters. The summed E-state index contributed by atoms with van der Waals surface area (Å²) < 4.78 is -3.30. The van der Waals surface area contributed by atoms with Crippen LogP contribution in [0, 0.1) is 6.92 Å². The second-order valence-electron chi connectivity index (χ2n) is 2.89. The summed E-state index contributed by atoms with van der Waals surface area (Å²) in [6, 6.07) is 7.24. The Morgan fingerprint density at radius 1 is 0.929 bits per heavy atom. The van der Waals surface area contributed by atoms with Crippen molar-refractivity contribution in [1.82, 2.24) is 0 Å². The Kier molecular flexibility index (Phi) is 3.89. The van der Waals surface area contributed by atoms with Crippen LogP contribution in [0.4, 0.5) is 0 Å². The fourth-order valence-electron chi connectivity index (χ4n) is 1.08. The molecule has 0 spiro atoms. The van der Waals surface area contributed by atoms with E-state index in [1.165, 1.54) is 0 Å². The molecule has 0 bridgehead atoms. The van der Waals surface area contributed by atoms with E-state index in [1.54, 1.807) is 12.1 Å². The second-order valence-corrected chi connectivity index (χ2v) is 6.50. The Hall–Kier alpha value is 0.670. The van der Waals surface area contributed by atoms with E-state index in [0.717, 1.165) is 5.56 Å². The van der Waals surface area contributed by atoms with Crippen LogP contribution in [-0.2, 0) is 4.33 Å². The third-order valence-electron chi connectivity index (χ3n) is 1.84. The first-order valence-corrected chi connectivity index (χ1v) is 5.66. The van der Waals surface area contributed by atoms with Gasteiger partial charge < -0.3 is 0 Å². The van der Waals surface area contributed by atoms with E-state index in [9.17, 15) is 0 Å². The van der Waals surface area contributed by atoms with Crippen molar-refractivity contribution in [2.75, 3.05) is 0 Å². The van der Waals surface area contributed by atoms with Crippen LogP contribution in [0.25, 0.3) is 0 Å². The fourth-order valence-corrected chi connectivity index (χ4v) is 1.81. The fraction of sp³-hybridized carbons (Fsp3) is 0.333. The Bertz CT molecular complexity index is 326. The molecule has 0 aromatic heterocycles. The van der Waals surface area contributed by atoms with Crippen molar-refractivity contribution in [3.05, 3.63) is 35.4 Å². The molecule has 0 aliphatic rings. The average molecular weight is 292 g/mol. The molecule has 0 aliphatic heterocycles. The highest BCUT2D eigenvalue weighted by atomic mass is 35.6. The number of alkyl halides is 5. The van der Waals surface area contributed by atoms with Gasteiger partial charge in [-0.3, -0.25) is 0 Å². The molecule has 0 heterocycles. The molecule has 0 saturated heterocycles. The lowest BCUT2D eigenvalue weighted by Gasteiger charge is -2.28. The average Bonchev–Trinajstić information content (AvgIpc) is 2.02. The Labute approximate surface area is 108 Å². The zero-order valence-electron chi connectivity index (χ0n) is 7.20. The summed E-state index contributed by atoms with van der Waals surface area (Å²) in [7, 11) is 0. The number of benzene rings is 1. The van der Waals surface area contributed by atoms with Crippen LogP contribution >= 0.6 is 58.0 Å². The minimum atomic E-state index is -1.76. The maximum Gasteiger partial charge on any atom is 0.227 e. The van der Waals surface area contributed by atoms with E-state index in [-0.39, 0.29) is 0 Å². The monoisotopic (exact) mass is 290 g/mol. The van der Waals surface area contributed by atoms with Gasteiger partial charge in [-0.05, 0) is 18.1 Å². The molecule has 78 valence electrons. The van der Waals surface area contributed by atoms with E-state index in [0.29, 0.717) is 5.56 Å². The minimum Gasteiger partial charge on any atom is -0.0915 e. The van der Waals surface area contributed by atoms with Crippen molar-refractivity contribution in [3.8, 4) is 0 Å². The summed E-state index contributed by atoms with van der Waals surface area (Å²) in [6.07, 6.45) is 0. The Morgan fingerprint density at radius 3 is 1.86 bits per heavy atom. The van der Waals surface area contributed by atoms with Gasteiger partial charge in [-0.25, -0.2) is 0 Å². The predicted molar refractivity (Wildman–Crippen MR) is 64.9 cm³/mol. The highest BCUT2D eigenvalue weighted by Crippen LogP contribution is 2.53. The van der Waals surface area contributed by atoms with Crippen molar-refractivity contribution in [3.63, 3.8) is 0 Å². The highest BCUT2D eigenvalue weighted by molar-refractivity contribution is 6.75. The van der Waals surface area contributed by atoms with E-state index < -0.39 is 8.13 Å². The molecule has 0 amide bonds. The molecule has 0 N–H and O–H groups in total. The first-order chi connectivity index (χ1) is 6.27. The topological polar surface area (TPSA) is 0 Å². The molecule has 0 fully saturated rings. The normalized spacial score (nSPS) is 13.0. The summed E-state index contributed by atoms with van der Waals surface area (Å²) in [5, 5.41) is 0. The molecule has 5 heteroatoms. The van der Waals surface area contributed by atoms with Gasteiger partial charge in [0.25, 0.3) is 0 Å². The van der Waals surface area contributed by atoms with Gasteiger partial charge in [-0.15, -0.1) is 0 Å². The lowest BCUT2D eigenvalue weighted by atomic mass is 10.1. The number of aryl methyl sites for hydroxylation is 1. The van der Waals surface area contributed by atoms with Crippen LogP contribution in [0.1, 0.15) is 11.1 Å². The van der Waals surface area contributed by atoms with Gasteiger partial charge in [0.15, 0.2) is 4.33 Å². The SMILES string of the molecule is Cc1ccccc1C(Cl)(Cl)C(Cl)(Cl)Cl. The molecular weight excluding hydrogens is 285 g/mol. The summed E-state index contributed by atoms with van der Waals surface area (Å²) in [4.78, 5) is 0. The van der Waals surface area contributed by atoms with Crippen molar-refractivity contribution < 1.29 is 0 Å². The molecule has 1 aromatic carbocycles. The standard InChI is InChI=1S/C9H7Cl5/c1-6-4-2-3-5-7(6)8(10,11)9(12,13)14/h2-5H,1H3. The van der Waals surface area contributed by atoms with Gasteiger partial charge in [-0.2, -0.15) is 0 Å². The van der Waals surface area contributed by atoms with E-state index in [1.807, 2.05) is 19.1 Å². The molecule has 1 rings (SSSR count). The van der Waals surface area contributed by atoms with Gasteiger partial charge in [0.1, 0.15) is 0 Å². The third-order valence-corrected chi connectivity index (χ3v) is 4.24. The van der Waals surface area contributed by atoms with Gasteiger partial charge >= 0.3 is 0 Å². The maximum atomic E-state index is 6.01. The van der Waals surface area contributed by atoms with Crippen LogP contribution in [0.5, 0.6) is 0 Å². The van der Waals surface area contributed by atoms with Crippen LogP contribution in [-0.4, -0.2) is 3.79 Å². The van der Waals surface area contributed by atoms with Gasteiger partial charge in [0.05, 0.1) is 0 Å². The lowest BCUT2D eigenvalue weighted by Crippen LogP contribution is -2.29. The quantitative estimate of drug-likeness (QED) is 0.639.